The van der Waals surface area contributed by atoms with E-state index in [1.807, 2.05) is 18.2 Å². The van der Waals surface area contributed by atoms with Gasteiger partial charge in [-0.25, -0.2) is 4.79 Å². The van der Waals surface area contributed by atoms with Gasteiger partial charge in [-0.15, -0.1) is 0 Å². The number of fused-ring (bicyclic) bond motifs is 2. The number of nitrogens with two attached hydrogens (primary N) is 2. The van der Waals surface area contributed by atoms with Gasteiger partial charge >= 0.3 is 18.3 Å². The number of benzene rings is 2. The van der Waals surface area contributed by atoms with Gasteiger partial charge in [-0.3, -0.25) is 0 Å². The minimum atomic E-state index is -5.08. The van der Waals surface area contributed by atoms with E-state index in [4.69, 9.17) is 21.4 Å². The average Bonchev–Trinajstić information content (AvgIpc) is 2.83. The van der Waals surface area contributed by atoms with Gasteiger partial charge < -0.3 is 32.1 Å². The molecule has 0 aromatic heterocycles. The molecule has 2 aromatic rings. The van der Waals surface area contributed by atoms with Crippen LogP contribution in [0.15, 0.2) is 40.1 Å². The summed E-state index contributed by atoms with van der Waals surface area (Å²) in [5.41, 5.74) is 13.7. The Bertz CT molecular complexity index is 1100. The molecule has 2 aliphatic heterocycles. The molecule has 0 aliphatic carbocycles. The molecule has 0 unspecified atom stereocenters. The Morgan fingerprint density at radius 2 is 1.73 bits per heavy atom. The summed E-state index contributed by atoms with van der Waals surface area (Å²) >= 11 is 1.35. The van der Waals surface area contributed by atoms with Gasteiger partial charge in [-0.05, 0) is 42.7 Å². The molecule has 0 spiro atoms. The van der Waals surface area contributed by atoms with Crippen LogP contribution in [0.3, 0.4) is 0 Å². The Kier molecular flexibility index (Phi) is 9.21. The van der Waals surface area contributed by atoms with Crippen molar-refractivity contribution < 1.29 is 36.2 Å². The molecule has 2 aromatic carbocycles. The number of anilines is 3. The third-order valence-electron chi connectivity index (χ3n) is 5.83. The number of rotatable bonds is 5. The summed E-state index contributed by atoms with van der Waals surface area (Å²) in [7, 11) is 0. The third-order valence-corrected chi connectivity index (χ3v) is 6.93. The zero-order valence-electron chi connectivity index (χ0n) is 19.5. The van der Waals surface area contributed by atoms with Crippen LogP contribution in [-0.2, 0) is 17.5 Å². The first-order valence-electron chi connectivity index (χ1n) is 11.3. The minimum Gasteiger partial charge on any atom is -0.475 e. The molecule has 7 N–H and O–H groups in total. The molecule has 0 bridgehead atoms. The predicted octanol–water partition coefficient (Wildman–Crippen LogP) is 4.84. The number of carboxylic acid groups (broad SMARTS) is 1. The number of aliphatic carboxylic acids is 1. The molecule has 1 fully saturated rings. The number of nitrogens with zero attached hydrogens (tertiary/aromatic N) is 1. The summed E-state index contributed by atoms with van der Waals surface area (Å²) in [5, 5.41) is 13.8. The SMILES string of the molecule is NCCN1CCC(Nc2cc(C(F)(F)F)cc3c2Nc2ccc(CN)cc2S3)CC1.O=C(O)C(F)(F)F. The maximum absolute atomic E-state index is 13.6. The van der Waals surface area contributed by atoms with Gasteiger partial charge in [0, 0.05) is 48.6 Å². The maximum atomic E-state index is 13.6. The molecule has 204 valence electrons. The molecule has 4 rings (SSSR count). The Labute approximate surface area is 213 Å². The molecule has 2 heterocycles. The normalized spacial score (nSPS) is 16.1. The second-order valence-corrected chi connectivity index (χ2v) is 9.59. The van der Waals surface area contributed by atoms with Crippen molar-refractivity contribution in [1.82, 2.24) is 4.90 Å². The number of halogens is 6. The highest BCUT2D eigenvalue weighted by Gasteiger charge is 2.38. The Morgan fingerprint density at radius 1 is 1.08 bits per heavy atom. The number of nitrogens with one attached hydrogen (secondary N) is 2. The summed E-state index contributed by atoms with van der Waals surface area (Å²) in [6.45, 7) is 3.64. The van der Waals surface area contributed by atoms with Crippen molar-refractivity contribution in [2.75, 3.05) is 36.8 Å². The number of carbonyl (C=O) groups is 1. The molecule has 0 amide bonds. The van der Waals surface area contributed by atoms with E-state index < -0.39 is 23.9 Å². The van der Waals surface area contributed by atoms with Gasteiger partial charge in [0.25, 0.3) is 0 Å². The van der Waals surface area contributed by atoms with Crippen LogP contribution in [0, 0.1) is 0 Å². The monoisotopic (exact) mass is 551 g/mol. The van der Waals surface area contributed by atoms with E-state index in [0.29, 0.717) is 29.4 Å². The first-order valence-corrected chi connectivity index (χ1v) is 12.2. The molecule has 37 heavy (non-hydrogen) atoms. The summed E-state index contributed by atoms with van der Waals surface area (Å²) in [6.07, 6.45) is -7.75. The van der Waals surface area contributed by atoms with Crippen LogP contribution >= 0.6 is 11.8 Å². The highest BCUT2D eigenvalue weighted by Crippen LogP contribution is 2.50. The van der Waals surface area contributed by atoms with Crippen LogP contribution < -0.4 is 22.1 Å². The van der Waals surface area contributed by atoms with Crippen LogP contribution in [0.25, 0.3) is 0 Å². The molecule has 0 atom stereocenters. The van der Waals surface area contributed by atoms with E-state index in [0.717, 1.165) is 48.6 Å². The topological polar surface area (TPSA) is 117 Å². The van der Waals surface area contributed by atoms with E-state index in [1.165, 1.54) is 23.9 Å². The zero-order chi connectivity index (χ0) is 27.4. The van der Waals surface area contributed by atoms with Crippen LogP contribution in [0.4, 0.5) is 43.4 Å². The number of carboxylic acids is 1. The van der Waals surface area contributed by atoms with E-state index >= 15 is 0 Å². The fourth-order valence-corrected chi connectivity index (χ4v) is 5.07. The van der Waals surface area contributed by atoms with Crippen LogP contribution in [-0.4, -0.2) is 54.4 Å². The smallest absolute Gasteiger partial charge is 0.475 e. The summed E-state index contributed by atoms with van der Waals surface area (Å²) in [5.74, 6) is -2.76. The van der Waals surface area contributed by atoms with Crippen LogP contribution in [0.2, 0.25) is 0 Å². The molecule has 0 radical (unpaired) electrons. The van der Waals surface area contributed by atoms with Crippen LogP contribution in [0.5, 0.6) is 0 Å². The van der Waals surface area contributed by atoms with Crippen LogP contribution in [0.1, 0.15) is 24.0 Å². The lowest BCUT2D eigenvalue weighted by Crippen LogP contribution is -2.41. The van der Waals surface area contributed by atoms with Gasteiger partial charge in [0.05, 0.1) is 22.6 Å². The first kappa shape index (κ1) is 28.9. The number of hydrogen-bond acceptors (Lipinski definition) is 7. The van der Waals surface area contributed by atoms with Crippen molar-refractivity contribution in [2.24, 2.45) is 11.5 Å². The summed E-state index contributed by atoms with van der Waals surface area (Å²) < 4.78 is 72.5. The van der Waals surface area contributed by atoms with Gasteiger partial charge in [0.15, 0.2) is 0 Å². The lowest BCUT2D eigenvalue weighted by Gasteiger charge is -2.34. The summed E-state index contributed by atoms with van der Waals surface area (Å²) in [6, 6.07) is 8.36. The van der Waals surface area contributed by atoms with Crippen molar-refractivity contribution in [3.05, 3.63) is 41.5 Å². The average molecular weight is 552 g/mol. The van der Waals surface area contributed by atoms with E-state index in [9.17, 15) is 26.3 Å². The van der Waals surface area contributed by atoms with Crippen molar-refractivity contribution in [3.8, 4) is 0 Å². The lowest BCUT2D eigenvalue weighted by atomic mass is 10.0. The number of hydrogen-bond donors (Lipinski definition) is 5. The van der Waals surface area contributed by atoms with Crippen molar-refractivity contribution in [1.29, 1.82) is 0 Å². The highest BCUT2D eigenvalue weighted by molar-refractivity contribution is 7.99. The second kappa shape index (κ2) is 11.8. The van der Waals surface area contributed by atoms with Gasteiger partial charge in [-0.1, -0.05) is 17.8 Å². The van der Waals surface area contributed by atoms with E-state index in [-0.39, 0.29) is 6.04 Å². The molecule has 2 aliphatic rings. The zero-order valence-corrected chi connectivity index (χ0v) is 20.4. The Morgan fingerprint density at radius 3 is 2.27 bits per heavy atom. The molecule has 1 saturated heterocycles. The standard InChI is InChI=1S/C21H26F3N5S.C2HF3O2/c22-21(23,24)14-10-17(27-15-3-6-29(7-4-15)8-5-25)20-19(11-14)30-18-9-13(12-26)1-2-16(18)28-20;3-2(4,5)1(6)7/h1-2,9-11,15,27-28H,3-8,12,25-26H2;(H,6,7). The number of alkyl halides is 6. The molecule has 0 saturated carbocycles. The quantitative estimate of drug-likeness (QED) is 0.286. The van der Waals surface area contributed by atoms with Gasteiger partial charge in [-0.2, -0.15) is 26.3 Å². The van der Waals surface area contributed by atoms with Gasteiger partial charge in [0.2, 0.25) is 0 Å². The van der Waals surface area contributed by atoms with Crippen molar-refractivity contribution in [2.45, 2.75) is 47.6 Å². The second-order valence-electron chi connectivity index (χ2n) is 8.51. The minimum absolute atomic E-state index is 0.124. The molecule has 14 heteroatoms. The predicted molar refractivity (Wildman–Crippen MR) is 129 cm³/mol. The number of piperidine rings is 1. The van der Waals surface area contributed by atoms with Crippen molar-refractivity contribution >= 4 is 34.8 Å². The summed E-state index contributed by atoms with van der Waals surface area (Å²) in [4.78, 5) is 12.6. The fraction of sp³-hybridized carbons (Fsp3) is 0.435. The Hall–Kier alpha value is -2.68. The first-order chi connectivity index (χ1) is 17.3. The Balaban J connectivity index is 0.000000479. The maximum Gasteiger partial charge on any atom is 0.490 e. The van der Waals surface area contributed by atoms with E-state index in [1.54, 1.807) is 0 Å². The van der Waals surface area contributed by atoms with E-state index in [2.05, 4.69) is 15.5 Å². The third kappa shape index (κ3) is 7.66. The molecule has 7 nitrogen and oxygen atoms in total. The molecular formula is C23H27F6N5O2S. The lowest BCUT2D eigenvalue weighted by molar-refractivity contribution is -0.192. The largest absolute Gasteiger partial charge is 0.490 e. The molecular weight excluding hydrogens is 524 g/mol. The highest BCUT2D eigenvalue weighted by atomic mass is 32.2. The van der Waals surface area contributed by atoms with Gasteiger partial charge in [0.1, 0.15) is 0 Å². The number of likely N-dealkylation sites (tertiary alicyclic amines) is 1. The van der Waals surface area contributed by atoms with Crippen molar-refractivity contribution in [3.63, 3.8) is 0 Å². The fourth-order valence-electron chi connectivity index (χ4n) is 3.94.